The number of primary amides is 1. The predicted octanol–water partition coefficient (Wildman–Crippen LogP) is 0.145. The molecule has 132 valence electrons. The highest BCUT2D eigenvalue weighted by Crippen LogP contribution is 2.24. The quantitative estimate of drug-likeness (QED) is 0.779. The van der Waals surface area contributed by atoms with E-state index in [1.54, 1.807) is 4.90 Å². The van der Waals surface area contributed by atoms with Crippen LogP contribution in [0.1, 0.15) is 30.1 Å². The fourth-order valence-electron chi connectivity index (χ4n) is 2.98. The number of likely N-dealkylation sites (tertiary alicyclic amines) is 1. The molecule has 1 fully saturated rings. The van der Waals surface area contributed by atoms with E-state index in [0.717, 1.165) is 12.8 Å². The molecular weight excluding hydrogens is 330 g/mol. The third-order valence-electron chi connectivity index (χ3n) is 4.30. The van der Waals surface area contributed by atoms with Crippen LogP contribution < -0.4 is 11.5 Å². The molecule has 0 radical (unpaired) electrons. The van der Waals surface area contributed by atoms with Crippen molar-refractivity contribution in [2.75, 3.05) is 18.8 Å². The van der Waals surface area contributed by atoms with Gasteiger partial charge in [-0.2, -0.15) is 0 Å². The summed E-state index contributed by atoms with van der Waals surface area (Å²) in [4.78, 5) is 25.2. The lowest BCUT2D eigenvalue weighted by atomic mass is 9.92. The molecular formula is C16H23N3O4S. The van der Waals surface area contributed by atoms with E-state index in [-0.39, 0.29) is 16.8 Å². The summed E-state index contributed by atoms with van der Waals surface area (Å²) in [5.74, 6) is -1.29. The predicted molar refractivity (Wildman–Crippen MR) is 90.0 cm³/mol. The molecule has 1 aliphatic heterocycles. The van der Waals surface area contributed by atoms with E-state index in [2.05, 4.69) is 6.92 Å². The summed E-state index contributed by atoms with van der Waals surface area (Å²) in [6.07, 6.45) is 1.79. The Labute approximate surface area is 141 Å². The molecule has 1 aliphatic rings. The maximum Gasteiger partial charge on any atom is 0.254 e. The van der Waals surface area contributed by atoms with Crippen molar-refractivity contribution < 1.29 is 18.0 Å². The van der Waals surface area contributed by atoms with E-state index in [4.69, 9.17) is 11.5 Å². The average Bonchev–Trinajstić information content (AvgIpc) is 2.53. The summed E-state index contributed by atoms with van der Waals surface area (Å²) >= 11 is 0. The van der Waals surface area contributed by atoms with E-state index < -0.39 is 21.5 Å². The van der Waals surface area contributed by atoms with E-state index in [0.29, 0.717) is 24.6 Å². The fraction of sp³-hybridized carbons (Fsp3) is 0.500. The maximum atomic E-state index is 12.7. The van der Waals surface area contributed by atoms with Crippen LogP contribution in [0.25, 0.3) is 0 Å². The Morgan fingerprint density at radius 3 is 2.42 bits per heavy atom. The van der Waals surface area contributed by atoms with Gasteiger partial charge in [0.15, 0.2) is 9.84 Å². The molecule has 2 amide bonds. The number of nitrogens with zero attached hydrogens (tertiary/aromatic N) is 1. The molecule has 24 heavy (non-hydrogen) atoms. The molecule has 7 nitrogen and oxygen atoms in total. The molecule has 0 bridgehead atoms. The van der Waals surface area contributed by atoms with Crippen LogP contribution >= 0.6 is 0 Å². The zero-order valence-corrected chi connectivity index (χ0v) is 14.5. The number of sulfone groups is 1. The van der Waals surface area contributed by atoms with Gasteiger partial charge in [0.2, 0.25) is 5.91 Å². The first-order chi connectivity index (χ1) is 11.2. The molecule has 0 saturated carbocycles. The zero-order valence-electron chi connectivity index (χ0n) is 13.6. The van der Waals surface area contributed by atoms with E-state index in [1.807, 2.05) is 0 Å². The summed E-state index contributed by atoms with van der Waals surface area (Å²) in [6.45, 7) is 3.19. The second-order valence-electron chi connectivity index (χ2n) is 6.27. The molecule has 1 aromatic carbocycles. The van der Waals surface area contributed by atoms with Crippen molar-refractivity contribution in [3.05, 3.63) is 29.8 Å². The molecule has 2 atom stereocenters. The van der Waals surface area contributed by atoms with Crippen molar-refractivity contribution in [3.63, 3.8) is 0 Å². The van der Waals surface area contributed by atoms with Crippen LogP contribution in [0, 0.1) is 5.92 Å². The SMILES string of the molecule is CC1CCN(C(=O)c2ccc(S(=O)(=O)CC(N)=O)cc2)C(CN)C1. The molecule has 0 aliphatic carbocycles. The highest BCUT2D eigenvalue weighted by molar-refractivity contribution is 7.92. The summed E-state index contributed by atoms with van der Waals surface area (Å²) in [7, 11) is -3.77. The van der Waals surface area contributed by atoms with Gasteiger partial charge in [-0.15, -0.1) is 0 Å². The number of hydrogen-bond acceptors (Lipinski definition) is 5. The van der Waals surface area contributed by atoms with Gasteiger partial charge in [0.1, 0.15) is 5.75 Å². The van der Waals surface area contributed by atoms with Crippen molar-refractivity contribution in [2.24, 2.45) is 17.4 Å². The van der Waals surface area contributed by atoms with Crippen molar-refractivity contribution in [1.82, 2.24) is 4.90 Å². The van der Waals surface area contributed by atoms with Gasteiger partial charge in [-0.25, -0.2) is 8.42 Å². The minimum atomic E-state index is -3.77. The number of carbonyl (C=O) groups is 2. The van der Waals surface area contributed by atoms with Gasteiger partial charge in [0, 0.05) is 24.7 Å². The lowest BCUT2D eigenvalue weighted by Crippen LogP contribution is -2.49. The lowest BCUT2D eigenvalue weighted by molar-refractivity contribution is -0.115. The normalized spacial score (nSPS) is 21.5. The molecule has 2 unspecified atom stereocenters. The summed E-state index contributed by atoms with van der Waals surface area (Å²) in [5.41, 5.74) is 11.1. The van der Waals surface area contributed by atoms with Gasteiger partial charge in [0.05, 0.1) is 4.90 Å². The first-order valence-electron chi connectivity index (χ1n) is 7.86. The van der Waals surface area contributed by atoms with E-state index >= 15 is 0 Å². The molecule has 1 aromatic rings. The Balaban J connectivity index is 2.18. The van der Waals surface area contributed by atoms with Crippen LogP contribution in [0.15, 0.2) is 29.2 Å². The summed E-state index contributed by atoms with van der Waals surface area (Å²) in [5, 5.41) is 0. The van der Waals surface area contributed by atoms with Crippen LogP contribution in [-0.2, 0) is 14.6 Å². The molecule has 1 saturated heterocycles. The number of nitrogens with two attached hydrogens (primary N) is 2. The third-order valence-corrected chi connectivity index (χ3v) is 5.96. The average molecular weight is 353 g/mol. The molecule has 0 spiro atoms. The largest absolute Gasteiger partial charge is 0.369 e. The van der Waals surface area contributed by atoms with Crippen molar-refractivity contribution >= 4 is 21.7 Å². The van der Waals surface area contributed by atoms with Gasteiger partial charge >= 0.3 is 0 Å². The van der Waals surface area contributed by atoms with E-state index in [1.165, 1.54) is 24.3 Å². The van der Waals surface area contributed by atoms with Gasteiger partial charge in [-0.1, -0.05) is 6.92 Å². The Morgan fingerprint density at radius 2 is 1.88 bits per heavy atom. The number of carbonyl (C=O) groups excluding carboxylic acids is 2. The topological polar surface area (TPSA) is 124 Å². The number of rotatable bonds is 5. The standard InChI is InChI=1S/C16H23N3O4S/c1-11-6-7-19(13(8-11)9-17)16(21)12-2-4-14(5-3-12)24(22,23)10-15(18)20/h2-5,11,13H,6-10,17H2,1H3,(H2,18,20). The van der Waals surface area contributed by atoms with Crippen LogP contribution in [0.2, 0.25) is 0 Å². The monoisotopic (exact) mass is 353 g/mol. The highest BCUT2D eigenvalue weighted by atomic mass is 32.2. The second kappa shape index (κ2) is 7.31. The smallest absolute Gasteiger partial charge is 0.254 e. The van der Waals surface area contributed by atoms with Gasteiger partial charge in [-0.05, 0) is 43.0 Å². The molecule has 0 aromatic heterocycles. The number of hydrogen-bond donors (Lipinski definition) is 2. The number of amides is 2. The summed E-state index contributed by atoms with van der Waals surface area (Å²) < 4.78 is 23.9. The zero-order chi connectivity index (χ0) is 17.9. The maximum absolute atomic E-state index is 12.7. The Bertz CT molecular complexity index is 715. The molecule has 1 heterocycles. The molecule has 2 rings (SSSR count). The minimum Gasteiger partial charge on any atom is -0.369 e. The van der Waals surface area contributed by atoms with Crippen LogP contribution in [0.4, 0.5) is 0 Å². The van der Waals surface area contributed by atoms with Crippen molar-refractivity contribution in [2.45, 2.75) is 30.7 Å². The second-order valence-corrected chi connectivity index (χ2v) is 8.26. The van der Waals surface area contributed by atoms with Crippen molar-refractivity contribution in [3.8, 4) is 0 Å². The van der Waals surface area contributed by atoms with Crippen LogP contribution in [0.5, 0.6) is 0 Å². The Morgan fingerprint density at radius 1 is 1.25 bits per heavy atom. The van der Waals surface area contributed by atoms with E-state index in [9.17, 15) is 18.0 Å². The first-order valence-corrected chi connectivity index (χ1v) is 9.52. The highest BCUT2D eigenvalue weighted by Gasteiger charge is 2.29. The Kier molecular flexibility index (Phi) is 5.61. The number of benzene rings is 1. The fourth-order valence-corrected chi connectivity index (χ4v) is 4.08. The van der Waals surface area contributed by atoms with Crippen LogP contribution in [0.3, 0.4) is 0 Å². The van der Waals surface area contributed by atoms with Crippen LogP contribution in [-0.4, -0.2) is 50.0 Å². The van der Waals surface area contributed by atoms with Crippen molar-refractivity contribution in [1.29, 1.82) is 0 Å². The molecule has 4 N–H and O–H groups in total. The Hall–Kier alpha value is -1.93. The summed E-state index contributed by atoms with van der Waals surface area (Å²) in [6, 6.07) is 5.58. The van der Waals surface area contributed by atoms with Gasteiger partial charge in [-0.3, -0.25) is 9.59 Å². The molecule has 8 heteroatoms. The minimum absolute atomic E-state index is 0.000444. The number of piperidine rings is 1. The lowest BCUT2D eigenvalue weighted by Gasteiger charge is -2.38. The van der Waals surface area contributed by atoms with Gasteiger partial charge in [0.25, 0.3) is 5.91 Å². The third kappa shape index (κ3) is 4.12. The first kappa shape index (κ1) is 18.4. The van der Waals surface area contributed by atoms with Gasteiger partial charge < -0.3 is 16.4 Å².